The van der Waals surface area contributed by atoms with E-state index in [4.69, 9.17) is 16.3 Å². The van der Waals surface area contributed by atoms with Gasteiger partial charge in [0, 0.05) is 42.6 Å². The molecule has 2 N–H and O–H groups in total. The Bertz CT molecular complexity index is 856. The van der Waals surface area contributed by atoms with Crippen LogP contribution in [0, 0.1) is 0 Å². The zero-order valence-corrected chi connectivity index (χ0v) is 16.6. The maximum Gasteiger partial charge on any atom is 0.318 e. The first-order chi connectivity index (χ1) is 13.6. The molecule has 0 radical (unpaired) electrons. The van der Waals surface area contributed by atoms with Crippen molar-refractivity contribution in [2.75, 3.05) is 18.5 Å². The molecule has 148 valence electrons. The fourth-order valence-corrected chi connectivity index (χ4v) is 3.85. The summed E-state index contributed by atoms with van der Waals surface area (Å²) in [5.41, 5.74) is 2.86. The van der Waals surface area contributed by atoms with Crippen LogP contribution < -0.4 is 10.6 Å². The van der Waals surface area contributed by atoms with Crippen LogP contribution in [0.5, 0.6) is 0 Å². The number of nitrogens with zero attached hydrogens (tertiary/aromatic N) is 3. The Morgan fingerprint density at radius 2 is 2.18 bits per heavy atom. The molecule has 1 unspecified atom stereocenters. The topological polar surface area (TPSA) is 79.4 Å². The van der Waals surface area contributed by atoms with Crippen molar-refractivity contribution >= 4 is 23.6 Å². The van der Waals surface area contributed by atoms with E-state index in [1.807, 2.05) is 37.4 Å². The van der Waals surface area contributed by atoms with Gasteiger partial charge >= 0.3 is 6.03 Å². The molecular weight excluding hydrogens is 378 g/mol. The summed E-state index contributed by atoms with van der Waals surface area (Å²) in [6.07, 6.45) is 3.74. The van der Waals surface area contributed by atoms with E-state index >= 15 is 0 Å². The Morgan fingerprint density at radius 1 is 1.36 bits per heavy atom. The number of nitrogens with one attached hydrogen (secondary N) is 2. The number of hydrogen-bond donors (Lipinski definition) is 2. The second-order valence-electron chi connectivity index (χ2n) is 7.22. The second kappa shape index (κ2) is 8.32. The van der Waals surface area contributed by atoms with E-state index < -0.39 is 0 Å². The van der Waals surface area contributed by atoms with E-state index in [2.05, 4.69) is 20.6 Å². The van der Waals surface area contributed by atoms with Crippen LogP contribution >= 0.6 is 11.6 Å². The normalized spacial score (nSPS) is 19.4. The van der Waals surface area contributed by atoms with Crippen LogP contribution in [0.25, 0.3) is 0 Å². The lowest BCUT2D eigenvalue weighted by atomic mass is 10.1. The highest BCUT2D eigenvalue weighted by atomic mass is 35.5. The maximum absolute atomic E-state index is 12.7. The molecule has 28 heavy (non-hydrogen) atoms. The van der Waals surface area contributed by atoms with Gasteiger partial charge in [-0.25, -0.2) is 14.8 Å². The third kappa shape index (κ3) is 4.20. The number of carbonyl (C=O) groups is 1. The number of carbonyl (C=O) groups excluding carboxylic acids is 1. The van der Waals surface area contributed by atoms with Gasteiger partial charge in [0.05, 0.1) is 18.3 Å². The van der Waals surface area contributed by atoms with E-state index in [1.54, 1.807) is 4.90 Å². The first-order valence-electron chi connectivity index (χ1n) is 9.59. The fourth-order valence-electron chi connectivity index (χ4n) is 3.64. The molecule has 2 aliphatic rings. The molecule has 1 aromatic carbocycles. The van der Waals surface area contributed by atoms with Crippen LogP contribution in [0.4, 0.5) is 10.7 Å². The molecule has 4 rings (SSSR count). The van der Waals surface area contributed by atoms with Crippen LogP contribution in [0.3, 0.4) is 0 Å². The third-order valence-electron chi connectivity index (χ3n) is 5.29. The standard InChI is InChI=1S/C20H24ClN5O2/c1-13-17-11-22-19(24-16-5-7-28-8-6-16)25-18(17)12-26(13)20(27)23-10-14-3-2-4-15(21)9-14/h2-4,9,11,13,16H,5-8,10,12H2,1H3,(H,23,27)(H,22,24,25). The smallest absolute Gasteiger partial charge is 0.318 e. The minimum atomic E-state index is -0.121. The van der Waals surface area contributed by atoms with Gasteiger partial charge in [0.1, 0.15) is 0 Å². The van der Waals surface area contributed by atoms with Gasteiger partial charge in [0.25, 0.3) is 0 Å². The second-order valence-corrected chi connectivity index (χ2v) is 7.66. The Labute approximate surface area is 169 Å². The van der Waals surface area contributed by atoms with Crippen molar-refractivity contribution in [2.45, 2.75) is 44.9 Å². The van der Waals surface area contributed by atoms with E-state index in [9.17, 15) is 4.79 Å². The summed E-state index contributed by atoms with van der Waals surface area (Å²) >= 11 is 6.00. The lowest BCUT2D eigenvalue weighted by Crippen LogP contribution is -2.37. The molecule has 1 aromatic heterocycles. The van der Waals surface area contributed by atoms with Gasteiger partial charge in [0.2, 0.25) is 5.95 Å². The number of benzene rings is 1. The van der Waals surface area contributed by atoms with Crippen molar-refractivity contribution in [3.63, 3.8) is 0 Å². The first kappa shape index (κ1) is 19.0. The molecule has 7 nitrogen and oxygen atoms in total. The van der Waals surface area contributed by atoms with Gasteiger partial charge in [-0.3, -0.25) is 0 Å². The summed E-state index contributed by atoms with van der Waals surface area (Å²) in [6.45, 7) is 4.43. The van der Waals surface area contributed by atoms with Crippen molar-refractivity contribution in [3.8, 4) is 0 Å². The summed E-state index contributed by atoms with van der Waals surface area (Å²) in [6, 6.07) is 7.63. The predicted molar refractivity (Wildman–Crippen MR) is 107 cm³/mol. The Hall–Kier alpha value is -2.38. The van der Waals surface area contributed by atoms with E-state index in [1.165, 1.54) is 0 Å². The highest BCUT2D eigenvalue weighted by molar-refractivity contribution is 6.30. The lowest BCUT2D eigenvalue weighted by Gasteiger charge is -2.23. The Morgan fingerprint density at radius 3 is 2.96 bits per heavy atom. The predicted octanol–water partition coefficient (Wildman–Crippen LogP) is 3.51. The van der Waals surface area contributed by atoms with Crippen LogP contribution in [0.15, 0.2) is 30.5 Å². The molecule has 0 bridgehead atoms. The molecular formula is C20H24ClN5O2. The molecule has 1 atom stereocenters. The molecule has 0 saturated carbocycles. The number of anilines is 1. The number of urea groups is 1. The minimum Gasteiger partial charge on any atom is -0.381 e. The SMILES string of the molecule is CC1c2cnc(NC3CCOCC3)nc2CN1C(=O)NCc1cccc(Cl)c1. The van der Waals surface area contributed by atoms with Gasteiger partial charge in [-0.2, -0.15) is 0 Å². The first-order valence-corrected chi connectivity index (χ1v) is 9.97. The monoisotopic (exact) mass is 401 g/mol. The molecule has 0 aliphatic carbocycles. The number of halogens is 1. The number of hydrogen-bond acceptors (Lipinski definition) is 5. The van der Waals surface area contributed by atoms with Gasteiger partial charge in [-0.05, 0) is 37.5 Å². The minimum absolute atomic E-state index is 0.0634. The molecule has 2 amide bonds. The molecule has 3 heterocycles. The zero-order chi connectivity index (χ0) is 19.5. The highest BCUT2D eigenvalue weighted by Gasteiger charge is 2.32. The summed E-state index contributed by atoms with van der Waals surface area (Å²) < 4.78 is 5.39. The van der Waals surface area contributed by atoms with Gasteiger partial charge in [-0.15, -0.1) is 0 Å². The number of fused-ring (bicyclic) bond motifs is 1. The summed E-state index contributed by atoms with van der Waals surface area (Å²) in [4.78, 5) is 23.6. The van der Waals surface area contributed by atoms with Gasteiger partial charge in [0.15, 0.2) is 0 Å². The number of ether oxygens (including phenoxy) is 1. The summed E-state index contributed by atoms with van der Waals surface area (Å²) in [5.74, 6) is 0.624. The van der Waals surface area contributed by atoms with Crippen molar-refractivity contribution in [1.29, 1.82) is 0 Å². The molecule has 2 aromatic rings. The third-order valence-corrected chi connectivity index (χ3v) is 5.52. The molecule has 1 saturated heterocycles. The molecule has 8 heteroatoms. The molecule has 2 aliphatic heterocycles. The quantitative estimate of drug-likeness (QED) is 0.819. The maximum atomic E-state index is 12.7. The van der Waals surface area contributed by atoms with Crippen LogP contribution in [0.1, 0.15) is 42.6 Å². The zero-order valence-electron chi connectivity index (χ0n) is 15.8. The molecule has 1 fully saturated rings. The van der Waals surface area contributed by atoms with E-state index in [-0.39, 0.29) is 12.1 Å². The van der Waals surface area contributed by atoms with Gasteiger partial charge < -0.3 is 20.3 Å². The average molecular weight is 402 g/mol. The van der Waals surface area contributed by atoms with Crippen molar-refractivity contribution in [2.24, 2.45) is 0 Å². The highest BCUT2D eigenvalue weighted by Crippen LogP contribution is 2.32. The number of rotatable bonds is 4. The number of aromatic nitrogens is 2. The Kier molecular flexibility index (Phi) is 5.64. The summed E-state index contributed by atoms with van der Waals surface area (Å²) in [5, 5.41) is 7.01. The lowest BCUT2D eigenvalue weighted by molar-refractivity contribution is 0.0903. The number of amides is 2. The van der Waals surface area contributed by atoms with Gasteiger partial charge in [-0.1, -0.05) is 23.7 Å². The van der Waals surface area contributed by atoms with Crippen molar-refractivity contribution < 1.29 is 9.53 Å². The average Bonchev–Trinajstić information content (AvgIpc) is 3.03. The largest absolute Gasteiger partial charge is 0.381 e. The van der Waals surface area contributed by atoms with E-state index in [0.717, 1.165) is 42.9 Å². The molecule has 0 spiro atoms. The van der Waals surface area contributed by atoms with Crippen LogP contribution in [0.2, 0.25) is 5.02 Å². The fraction of sp³-hybridized carbons (Fsp3) is 0.450. The van der Waals surface area contributed by atoms with Crippen molar-refractivity contribution in [1.82, 2.24) is 20.2 Å². The van der Waals surface area contributed by atoms with Crippen molar-refractivity contribution in [3.05, 3.63) is 52.3 Å². The summed E-state index contributed by atoms with van der Waals surface area (Å²) in [7, 11) is 0. The van der Waals surface area contributed by atoms with Crippen LogP contribution in [-0.4, -0.2) is 40.2 Å². The van der Waals surface area contributed by atoms with E-state index in [0.29, 0.717) is 30.1 Å². The Balaban J connectivity index is 1.38. The van der Waals surface area contributed by atoms with Crippen LogP contribution in [-0.2, 0) is 17.8 Å².